The van der Waals surface area contributed by atoms with Crippen molar-refractivity contribution in [2.45, 2.75) is 31.0 Å². The van der Waals surface area contributed by atoms with Gasteiger partial charge in [-0.05, 0) is 48.7 Å². The molecular weight excluding hydrogens is 458 g/mol. The van der Waals surface area contributed by atoms with Crippen LogP contribution in [0.3, 0.4) is 0 Å². The van der Waals surface area contributed by atoms with Gasteiger partial charge in [-0.2, -0.15) is 13.2 Å². The maximum absolute atomic E-state index is 14.2. The van der Waals surface area contributed by atoms with Crippen LogP contribution in [-0.4, -0.2) is 38.5 Å². The van der Waals surface area contributed by atoms with Crippen LogP contribution in [0.4, 0.5) is 28.9 Å². The molecule has 0 aliphatic rings. The lowest BCUT2D eigenvalue weighted by atomic mass is 10.2. The zero-order valence-corrected chi connectivity index (χ0v) is 18.9. The van der Waals surface area contributed by atoms with E-state index in [4.69, 9.17) is 0 Å². The maximum Gasteiger partial charge on any atom is 0.406 e. The van der Waals surface area contributed by atoms with E-state index in [0.29, 0.717) is 17.4 Å². The fraction of sp³-hybridized carbons (Fsp3) is 0.304. The SMILES string of the molecule is CCCNc1cccc2c1cc(C#CCNc1ccc(S(C)(=O)=O)cc1F)n2CC(F)(F)F. The van der Waals surface area contributed by atoms with Crippen molar-refractivity contribution in [3.8, 4) is 11.8 Å². The van der Waals surface area contributed by atoms with Gasteiger partial charge in [-0.25, -0.2) is 12.8 Å². The largest absolute Gasteiger partial charge is 0.406 e. The summed E-state index contributed by atoms with van der Waals surface area (Å²) in [7, 11) is -3.54. The summed E-state index contributed by atoms with van der Waals surface area (Å²) in [5.41, 5.74) is 1.36. The fourth-order valence-corrected chi connectivity index (χ4v) is 3.93. The third-order valence-corrected chi connectivity index (χ3v) is 5.91. The summed E-state index contributed by atoms with van der Waals surface area (Å²) in [5, 5.41) is 6.56. The van der Waals surface area contributed by atoms with Crippen LogP contribution in [0.5, 0.6) is 0 Å². The molecule has 1 heterocycles. The first kappa shape index (κ1) is 24.5. The Kier molecular flexibility index (Phi) is 7.22. The first-order valence-electron chi connectivity index (χ1n) is 10.1. The number of rotatable bonds is 7. The van der Waals surface area contributed by atoms with Crippen LogP contribution in [0, 0.1) is 17.7 Å². The zero-order valence-electron chi connectivity index (χ0n) is 18.1. The molecular formula is C23H23F4N3O2S. The molecule has 0 amide bonds. The molecule has 5 nitrogen and oxygen atoms in total. The molecule has 3 aromatic rings. The van der Waals surface area contributed by atoms with E-state index in [1.54, 1.807) is 24.3 Å². The Morgan fingerprint density at radius 2 is 1.82 bits per heavy atom. The van der Waals surface area contributed by atoms with Crippen LogP contribution in [0.1, 0.15) is 19.0 Å². The van der Waals surface area contributed by atoms with E-state index in [-0.39, 0.29) is 22.8 Å². The topological polar surface area (TPSA) is 63.1 Å². The number of aromatic nitrogens is 1. The zero-order chi connectivity index (χ0) is 24.2. The van der Waals surface area contributed by atoms with Crippen LogP contribution < -0.4 is 10.6 Å². The van der Waals surface area contributed by atoms with Gasteiger partial charge >= 0.3 is 6.18 Å². The van der Waals surface area contributed by atoms with Crippen molar-refractivity contribution in [3.63, 3.8) is 0 Å². The van der Waals surface area contributed by atoms with Crippen molar-refractivity contribution in [3.05, 3.63) is 54.0 Å². The second kappa shape index (κ2) is 9.75. The molecule has 10 heteroatoms. The van der Waals surface area contributed by atoms with Crippen molar-refractivity contribution >= 4 is 32.1 Å². The number of sulfone groups is 1. The van der Waals surface area contributed by atoms with Crippen molar-refractivity contribution in [1.82, 2.24) is 4.57 Å². The quantitative estimate of drug-likeness (QED) is 0.367. The van der Waals surface area contributed by atoms with Gasteiger partial charge in [0.25, 0.3) is 0 Å². The van der Waals surface area contributed by atoms with Gasteiger partial charge in [0.05, 0.1) is 28.3 Å². The molecule has 0 atom stereocenters. The highest BCUT2D eigenvalue weighted by Crippen LogP contribution is 2.30. The normalized spacial score (nSPS) is 11.8. The van der Waals surface area contributed by atoms with E-state index in [1.807, 2.05) is 6.92 Å². The van der Waals surface area contributed by atoms with E-state index in [2.05, 4.69) is 22.5 Å². The van der Waals surface area contributed by atoms with Crippen LogP contribution in [-0.2, 0) is 16.4 Å². The molecule has 0 aliphatic carbocycles. The highest BCUT2D eigenvalue weighted by molar-refractivity contribution is 7.90. The molecule has 0 spiro atoms. The molecule has 33 heavy (non-hydrogen) atoms. The summed E-state index contributed by atoms with van der Waals surface area (Å²) < 4.78 is 77.9. The van der Waals surface area contributed by atoms with E-state index in [9.17, 15) is 26.0 Å². The van der Waals surface area contributed by atoms with Crippen LogP contribution in [0.2, 0.25) is 0 Å². The Labute approximate surface area is 189 Å². The lowest BCUT2D eigenvalue weighted by molar-refractivity contribution is -0.140. The minimum absolute atomic E-state index is 0.0404. The maximum atomic E-state index is 14.2. The summed E-state index contributed by atoms with van der Waals surface area (Å²) in [6.45, 7) is 1.43. The van der Waals surface area contributed by atoms with Gasteiger partial charge < -0.3 is 15.2 Å². The van der Waals surface area contributed by atoms with Gasteiger partial charge in [0.2, 0.25) is 0 Å². The number of benzene rings is 2. The summed E-state index contributed by atoms with van der Waals surface area (Å²) in [6, 6.07) is 10.2. The van der Waals surface area contributed by atoms with Crippen molar-refractivity contribution in [2.75, 3.05) is 30.0 Å². The first-order valence-corrected chi connectivity index (χ1v) is 12.0. The van der Waals surface area contributed by atoms with E-state index in [0.717, 1.165) is 29.0 Å². The van der Waals surface area contributed by atoms with Gasteiger partial charge in [0, 0.05) is 23.9 Å². The average molecular weight is 482 g/mol. The van der Waals surface area contributed by atoms with Crippen molar-refractivity contribution in [2.24, 2.45) is 0 Å². The van der Waals surface area contributed by atoms with E-state index < -0.39 is 28.4 Å². The third-order valence-electron chi connectivity index (χ3n) is 4.80. The van der Waals surface area contributed by atoms with E-state index >= 15 is 0 Å². The summed E-state index contributed by atoms with van der Waals surface area (Å²) >= 11 is 0. The molecule has 176 valence electrons. The Hall–Kier alpha value is -3.19. The van der Waals surface area contributed by atoms with Crippen molar-refractivity contribution in [1.29, 1.82) is 0 Å². The highest BCUT2D eigenvalue weighted by Gasteiger charge is 2.29. The third kappa shape index (κ3) is 6.20. The Morgan fingerprint density at radius 1 is 1.06 bits per heavy atom. The standard InChI is InChI=1S/C23H23F4N3O2S/c1-3-11-28-20-7-4-8-22-18(20)13-16(30(22)15-23(25,26)27)6-5-12-29-21-10-9-17(14-19(21)24)33(2,31)32/h4,7-10,13-14,28-29H,3,11-12,15H2,1-2H3. The number of anilines is 2. The minimum atomic E-state index is -4.43. The minimum Gasteiger partial charge on any atom is -0.385 e. The predicted molar refractivity (Wildman–Crippen MR) is 122 cm³/mol. The van der Waals surface area contributed by atoms with E-state index in [1.165, 1.54) is 12.1 Å². The average Bonchev–Trinajstić information content (AvgIpc) is 3.06. The number of nitrogens with zero attached hydrogens (tertiary/aromatic N) is 1. The molecule has 0 saturated carbocycles. The molecule has 0 bridgehead atoms. The number of halogens is 4. The Balaban J connectivity index is 1.88. The number of hydrogen-bond acceptors (Lipinski definition) is 4. The molecule has 0 radical (unpaired) electrons. The molecule has 0 unspecified atom stereocenters. The van der Waals surface area contributed by atoms with Crippen LogP contribution in [0.15, 0.2) is 47.4 Å². The first-order chi connectivity index (χ1) is 15.5. The molecule has 0 aliphatic heterocycles. The predicted octanol–water partition coefficient (Wildman–Crippen LogP) is 5.03. The highest BCUT2D eigenvalue weighted by atomic mass is 32.2. The molecule has 3 rings (SSSR count). The lowest BCUT2D eigenvalue weighted by Gasteiger charge is -2.12. The van der Waals surface area contributed by atoms with Gasteiger partial charge in [0.15, 0.2) is 9.84 Å². The van der Waals surface area contributed by atoms with Crippen molar-refractivity contribution < 1.29 is 26.0 Å². The Morgan fingerprint density at radius 3 is 2.45 bits per heavy atom. The number of hydrogen-bond donors (Lipinski definition) is 2. The lowest BCUT2D eigenvalue weighted by Crippen LogP contribution is -2.18. The molecule has 2 aromatic carbocycles. The smallest absolute Gasteiger partial charge is 0.385 e. The van der Waals surface area contributed by atoms with Gasteiger partial charge in [-0.15, -0.1) is 0 Å². The number of fused-ring (bicyclic) bond motifs is 1. The number of nitrogens with one attached hydrogen (secondary N) is 2. The molecule has 0 fully saturated rings. The summed E-state index contributed by atoms with van der Waals surface area (Å²) in [4.78, 5) is -0.152. The molecule has 2 N–H and O–H groups in total. The Bertz CT molecular complexity index is 1320. The second-order valence-electron chi connectivity index (χ2n) is 7.47. The van der Waals surface area contributed by atoms with Gasteiger partial charge in [-0.3, -0.25) is 0 Å². The molecule has 0 saturated heterocycles. The summed E-state index contributed by atoms with van der Waals surface area (Å²) in [6.07, 6.45) is -2.60. The van der Waals surface area contributed by atoms with Gasteiger partial charge in [0.1, 0.15) is 12.4 Å². The van der Waals surface area contributed by atoms with Gasteiger partial charge in [-0.1, -0.05) is 18.9 Å². The van der Waals surface area contributed by atoms with Crippen LogP contribution in [0.25, 0.3) is 10.9 Å². The number of alkyl halides is 3. The van der Waals surface area contributed by atoms with Crippen LogP contribution >= 0.6 is 0 Å². The second-order valence-corrected chi connectivity index (χ2v) is 9.48. The monoisotopic (exact) mass is 481 g/mol. The summed E-state index contributed by atoms with van der Waals surface area (Å²) in [5.74, 6) is 4.69. The fourth-order valence-electron chi connectivity index (χ4n) is 3.30. The molecule has 1 aromatic heterocycles.